The van der Waals surface area contributed by atoms with Crippen LogP contribution in [0.25, 0.3) is 5.65 Å². The van der Waals surface area contributed by atoms with E-state index in [1.807, 2.05) is 25.3 Å². The van der Waals surface area contributed by atoms with E-state index in [4.69, 9.17) is 9.52 Å². The van der Waals surface area contributed by atoms with Crippen molar-refractivity contribution in [1.29, 1.82) is 4.78 Å². The number of piperidine rings is 1. The molecule has 3 N–H and O–H groups in total. The zero-order chi connectivity index (χ0) is 22.9. The van der Waals surface area contributed by atoms with E-state index in [-0.39, 0.29) is 18.1 Å². The highest BCUT2D eigenvalue weighted by atomic mass is 32.2. The Morgan fingerprint density at radius 2 is 2.03 bits per heavy atom. The Hall–Kier alpha value is -2.72. The third-order valence-electron chi connectivity index (χ3n) is 5.67. The summed E-state index contributed by atoms with van der Waals surface area (Å²) >= 11 is 0. The fourth-order valence-electron chi connectivity index (χ4n) is 3.96. The number of hydrogen-bond donors (Lipinski definition) is 3. The monoisotopic (exact) mass is 457 g/mol. The standard InChI is InChI=1S/C22H31N7O2S/c1-14(2)18-13-25-29-20(18)27-22(31-16-8-7-11-24-12-16)28-21(29)26-15(3)17-9-5-6-10-19(17)32(4,23)30/h5-6,9-10,13-16,23-24H,7-8,11-12H2,1-4H3,(H,26,27,28)/t15?,16-,32?/m1/s1. The molecule has 10 heteroatoms. The van der Waals surface area contributed by atoms with Crippen molar-refractivity contribution in [2.24, 2.45) is 0 Å². The minimum Gasteiger partial charge on any atom is -0.459 e. The molecule has 0 saturated carbocycles. The third kappa shape index (κ3) is 4.71. The van der Waals surface area contributed by atoms with Gasteiger partial charge in [0.2, 0.25) is 5.95 Å². The molecule has 3 heterocycles. The van der Waals surface area contributed by atoms with Crippen molar-refractivity contribution < 1.29 is 8.95 Å². The van der Waals surface area contributed by atoms with Crippen molar-refractivity contribution in [2.45, 2.75) is 56.6 Å². The lowest BCUT2D eigenvalue weighted by Gasteiger charge is -2.23. The second-order valence-corrected chi connectivity index (χ2v) is 10.8. The molecule has 0 amide bonds. The number of nitrogens with one attached hydrogen (secondary N) is 3. The van der Waals surface area contributed by atoms with Gasteiger partial charge in [0, 0.05) is 18.4 Å². The maximum atomic E-state index is 12.5. The lowest BCUT2D eigenvalue weighted by molar-refractivity contribution is 0.153. The molecule has 0 bridgehead atoms. The Morgan fingerprint density at radius 1 is 1.25 bits per heavy atom. The Balaban J connectivity index is 1.73. The topological polar surface area (TPSA) is 117 Å². The quantitative estimate of drug-likeness (QED) is 0.496. The van der Waals surface area contributed by atoms with Crippen molar-refractivity contribution in [1.82, 2.24) is 24.9 Å². The van der Waals surface area contributed by atoms with E-state index in [1.165, 1.54) is 6.26 Å². The van der Waals surface area contributed by atoms with Gasteiger partial charge in [0.05, 0.1) is 26.9 Å². The van der Waals surface area contributed by atoms with Gasteiger partial charge >= 0.3 is 6.01 Å². The van der Waals surface area contributed by atoms with E-state index in [1.54, 1.807) is 16.6 Å². The molecule has 0 radical (unpaired) electrons. The number of hydrogen-bond acceptors (Lipinski definition) is 8. The smallest absolute Gasteiger partial charge is 0.322 e. The van der Waals surface area contributed by atoms with E-state index in [0.29, 0.717) is 22.5 Å². The predicted molar refractivity (Wildman–Crippen MR) is 125 cm³/mol. The van der Waals surface area contributed by atoms with Gasteiger partial charge in [0.25, 0.3) is 0 Å². The summed E-state index contributed by atoms with van der Waals surface area (Å²) in [5.41, 5.74) is 2.51. The lowest BCUT2D eigenvalue weighted by atomic mass is 10.1. The first kappa shape index (κ1) is 22.5. The summed E-state index contributed by atoms with van der Waals surface area (Å²) < 4.78 is 28.4. The van der Waals surface area contributed by atoms with Crippen molar-refractivity contribution in [2.75, 3.05) is 24.7 Å². The molecular weight excluding hydrogens is 426 g/mol. The van der Waals surface area contributed by atoms with Gasteiger partial charge in [-0.1, -0.05) is 32.0 Å². The maximum Gasteiger partial charge on any atom is 0.322 e. The van der Waals surface area contributed by atoms with Crippen LogP contribution in [0.3, 0.4) is 0 Å². The first-order chi connectivity index (χ1) is 15.2. The van der Waals surface area contributed by atoms with E-state index in [9.17, 15) is 4.21 Å². The van der Waals surface area contributed by atoms with Gasteiger partial charge in [-0.25, -0.2) is 8.99 Å². The molecule has 1 saturated heterocycles. The molecule has 2 aromatic heterocycles. The van der Waals surface area contributed by atoms with E-state index >= 15 is 0 Å². The number of fused-ring (bicyclic) bond motifs is 1. The van der Waals surface area contributed by atoms with Crippen molar-refractivity contribution in [3.05, 3.63) is 41.6 Å². The molecule has 1 fully saturated rings. The minimum atomic E-state index is -2.87. The van der Waals surface area contributed by atoms with Crippen LogP contribution in [-0.4, -0.2) is 49.2 Å². The fraction of sp³-hybridized carbons (Fsp3) is 0.500. The minimum absolute atomic E-state index is 0.0238. The molecule has 0 aliphatic carbocycles. The summed E-state index contributed by atoms with van der Waals surface area (Å²) in [5, 5.41) is 11.2. The third-order valence-corrected chi connectivity index (χ3v) is 6.88. The summed E-state index contributed by atoms with van der Waals surface area (Å²) in [6.07, 6.45) is 5.29. The first-order valence-electron chi connectivity index (χ1n) is 11.0. The van der Waals surface area contributed by atoms with Crippen molar-refractivity contribution in [3.63, 3.8) is 0 Å². The molecule has 172 valence electrons. The van der Waals surface area contributed by atoms with Crippen LogP contribution in [-0.2, 0) is 9.73 Å². The SMILES string of the molecule is CC(C)c1cnn2c(NC(C)c3ccccc3S(C)(=N)=O)nc(O[C@@H]3CCCNC3)nc12. The molecule has 4 rings (SSSR count). The Bertz CT molecular complexity index is 1200. The second kappa shape index (κ2) is 9.03. The van der Waals surface area contributed by atoms with Crippen LogP contribution < -0.4 is 15.4 Å². The molecule has 9 nitrogen and oxygen atoms in total. The molecule has 0 spiro atoms. The molecule has 3 atom stereocenters. The number of nitrogens with zero attached hydrogens (tertiary/aromatic N) is 4. The Morgan fingerprint density at radius 3 is 2.72 bits per heavy atom. The highest BCUT2D eigenvalue weighted by Gasteiger charge is 2.22. The summed E-state index contributed by atoms with van der Waals surface area (Å²) in [5.74, 6) is 0.737. The highest BCUT2D eigenvalue weighted by molar-refractivity contribution is 7.91. The van der Waals surface area contributed by atoms with E-state index < -0.39 is 9.73 Å². The van der Waals surface area contributed by atoms with Gasteiger partial charge in [-0.05, 0) is 43.9 Å². The second-order valence-electron chi connectivity index (χ2n) is 8.65. The summed E-state index contributed by atoms with van der Waals surface area (Å²) in [4.78, 5) is 9.82. The molecule has 1 aromatic carbocycles. The largest absolute Gasteiger partial charge is 0.459 e. The average Bonchev–Trinajstić information content (AvgIpc) is 3.18. The normalized spacial score (nSPS) is 19.6. The highest BCUT2D eigenvalue weighted by Crippen LogP contribution is 2.28. The summed E-state index contributed by atoms with van der Waals surface area (Å²) in [6.45, 7) is 7.92. The van der Waals surface area contributed by atoms with Gasteiger partial charge in [0.1, 0.15) is 6.10 Å². The molecule has 1 aliphatic rings. The summed E-state index contributed by atoms with van der Waals surface area (Å²) in [6, 6.07) is 7.37. The average molecular weight is 458 g/mol. The number of benzene rings is 1. The van der Waals surface area contributed by atoms with Crippen molar-refractivity contribution >= 4 is 21.3 Å². The molecule has 3 aromatic rings. The zero-order valence-corrected chi connectivity index (χ0v) is 19.8. The van der Waals surface area contributed by atoms with Crippen LogP contribution in [0, 0.1) is 4.78 Å². The van der Waals surface area contributed by atoms with Gasteiger partial charge in [-0.3, -0.25) is 0 Å². The van der Waals surface area contributed by atoms with E-state index in [2.05, 4.69) is 39.5 Å². The number of ether oxygens (including phenoxy) is 1. The molecular formula is C22H31N7O2S. The van der Waals surface area contributed by atoms with Crippen molar-refractivity contribution in [3.8, 4) is 6.01 Å². The number of anilines is 1. The van der Waals surface area contributed by atoms with E-state index in [0.717, 1.165) is 37.1 Å². The van der Waals surface area contributed by atoms with Crippen LogP contribution in [0.15, 0.2) is 35.4 Å². The fourth-order valence-corrected chi connectivity index (χ4v) is 5.00. The predicted octanol–water partition coefficient (Wildman–Crippen LogP) is 3.59. The van der Waals surface area contributed by atoms with Crippen LogP contribution in [0.1, 0.15) is 56.7 Å². The molecule has 2 unspecified atom stereocenters. The molecule has 32 heavy (non-hydrogen) atoms. The van der Waals surface area contributed by atoms with Gasteiger partial charge in [-0.15, -0.1) is 0 Å². The van der Waals surface area contributed by atoms with Crippen LogP contribution in [0.4, 0.5) is 5.95 Å². The van der Waals surface area contributed by atoms with Crippen LogP contribution in [0.5, 0.6) is 6.01 Å². The Kier molecular flexibility index (Phi) is 6.34. The lowest BCUT2D eigenvalue weighted by Crippen LogP contribution is -2.37. The van der Waals surface area contributed by atoms with Gasteiger partial charge in [0.15, 0.2) is 5.65 Å². The van der Waals surface area contributed by atoms with Gasteiger partial charge < -0.3 is 15.4 Å². The zero-order valence-electron chi connectivity index (χ0n) is 19.0. The summed E-state index contributed by atoms with van der Waals surface area (Å²) in [7, 11) is -2.87. The number of aromatic nitrogens is 4. The van der Waals surface area contributed by atoms with Crippen LogP contribution in [0.2, 0.25) is 0 Å². The van der Waals surface area contributed by atoms with Gasteiger partial charge in [-0.2, -0.15) is 19.6 Å². The Labute approximate surface area is 189 Å². The number of rotatable bonds is 7. The van der Waals surface area contributed by atoms with Crippen LogP contribution >= 0.6 is 0 Å². The first-order valence-corrected chi connectivity index (χ1v) is 12.9. The maximum absolute atomic E-state index is 12.5. The molecule has 1 aliphatic heterocycles.